The summed E-state index contributed by atoms with van der Waals surface area (Å²) in [7, 11) is 1.41. The van der Waals surface area contributed by atoms with E-state index < -0.39 is 12.0 Å². The molecular formula is C14H16F3N3S. The number of hydrogen-bond acceptors (Lipinski definition) is 2. The summed E-state index contributed by atoms with van der Waals surface area (Å²) in [4.78, 5) is 0. The number of nitrogens with zero attached hydrogens (tertiary/aromatic N) is 3. The average molecular weight is 315 g/mol. The molecule has 114 valence electrons. The molecule has 0 unspecified atom stereocenters. The van der Waals surface area contributed by atoms with Crippen LogP contribution in [0.15, 0.2) is 18.2 Å². The summed E-state index contributed by atoms with van der Waals surface area (Å²) in [5, 5.41) is 3.50. The van der Waals surface area contributed by atoms with Crippen LogP contribution in [0.1, 0.15) is 36.7 Å². The van der Waals surface area contributed by atoms with Gasteiger partial charge in [-0.1, -0.05) is 19.9 Å². The van der Waals surface area contributed by atoms with Gasteiger partial charge in [0.05, 0.1) is 5.69 Å². The number of halogens is 3. The van der Waals surface area contributed by atoms with Crippen LogP contribution in [0.25, 0.3) is 5.69 Å². The second-order valence-electron chi connectivity index (χ2n) is 5.26. The number of aryl methyl sites for hydroxylation is 2. The van der Waals surface area contributed by atoms with E-state index in [9.17, 15) is 13.2 Å². The molecule has 1 aromatic heterocycles. The van der Waals surface area contributed by atoms with Crippen LogP contribution in [0.4, 0.5) is 13.2 Å². The molecule has 0 radical (unpaired) electrons. The molecular weight excluding hydrogens is 299 g/mol. The van der Waals surface area contributed by atoms with Crippen molar-refractivity contribution < 1.29 is 13.2 Å². The zero-order chi connectivity index (χ0) is 15.9. The molecule has 0 spiro atoms. The standard InChI is InChI=1S/C14H16F3N3S/c1-8(2)11-6-5-10(7-9(11)3)20-12(14(15,16)17)18-19(4)13(20)21/h5-8H,1-4H3. The molecule has 0 N–H and O–H groups in total. The van der Waals surface area contributed by atoms with E-state index in [-0.39, 0.29) is 4.77 Å². The van der Waals surface area contributed by atoms with Crippen LogP contribution >= 0.6 is 12.2 Å². The topological polar surface area (TPSA) is 22.8 Å². The predicted molar refractivity (Wildman–Crippen MR) is 77.2 cm³/mol. The van der Waals surface area contributed by atoms with Crippen molar-refractivity contribution in [3.05, 3.63) is 39.9 Å². The number of rotatable bonds is 2. The molecule has 1 aromatic carbocycles. The molecule has 3 nitrogen and oxygen atoms in total. The van der Waals surface area contributed by atoms with Gasteiger partial charge in [-0.05, 0) is 48.3 Å². The quantitative estimate of drug-likeness (QED) is 0.767. The molecule has 7 heteroatoms. The van der Waals surface area contributed by atoms with Crippen molar-refractivity contribution >= 4 is 12.2 Å². The molecule has 0 amide bonds. The lowest BCUT2D eigenvalue weighted by molar-refractivity contribution is -0.146. The van der Waals surface area contributed by atoms with Gasteiger partial charge in [0, 0.05) is 7.05 Å². The van der Waals surface area contributed by atoms with Crippen molar-refractivity contribution in [2.75, 3.05) is 0 Å². The highest BCUT2D eigenvalue weighted by Crippen LogP contribution is 2.31. The Morgan fingerprint density at radius 2 is 1.86 bits per heavy atom. The van der Waals surface area contributed by atoms with Gasteiger partial charge >= 0.3 is 6.18 Å². The molecule has 0 saturated heterocycles. The molecule has 0 aliphatic rings. The van der Waals surface area contributed by atoms with Gasteiger partial charge in [0.1, 0.15) is 0 Å². The fraction of sp³-hybridized carbons (Fsp3) is 0.429. The van der Waals surface area contributed by atoms with Crippen molar-refractivity contribution in [2.45, 2.75) is 32.9 Å². The molecule has 0 bridgehead atoms. The second-order valence-corrected chi connectivity index (χ2v) is 5.62. The Balaban J connectivity index is 2.68. The Morgan fingerprint density at radius 3 is 2.33 bits per heavy atom. The van der Waals surface area contributed by atoms with Crippen molar-refractivity contribution in [1.29, 1.82) is 0 Å². The van der Waals surface area contributed by atoms with E-state index >= 15 is 0 Å². The number of alkyl halides is 3. The smallest absolute Gasteiger partial charge is 0.264 e. The molecule has 0 aliphatic heterocycles. The van der Waals surface area contributed by atoms with Gasteiger partial charge in [0.2, 0.25) is 10.6 Å². The van der Waals surface area contributed by atoms with E-state index in [0.29, 0.717) is 11.6 Å². The molecule has 1 heterocycles. The second kappa shape index (κ2) is 5.29. The highest BCUT2D eigenvalue weighted by molar-refractivity contribution is 7.71. The summed E-state index contributed by atoms with van der Waals surface area (Å²) < 4.78 is 41.3. The Morgan fingerprint density at radius 1 is 1.24 bits per heavy atom. The third kappa shape index (κ3) is 2.88. The molecule has 2 aromatic rings. The molecule has 0 fully saturated rings. The Kier molecular flexibility index (Phi) is 3.97. The van der Waals surface area contributed by atoms with Crippen LogP contribution in [0.2, 0.25) is 0 Å². The molecule has 0 saturated carbocycles. The van der Waals surface area contributed by atoms with E-state index in [1.165, 1.54) is 7.05 Å². The lowest BCUT2D eigenvalue weighted by atomic mass is 9.97. The van der Waals surface area contributed by atoms with Gasteiger partial charge in [-0.3, -0.25) is 4.57 Å². The molecule has 0 atom stereocenters. The van der Waals surface area contributed by atoms with E-state index in [1.807, 2.05) is 26.8 Å². The van der Waals surface area contributed by atoms with Gasteiger partial charge in [0.25, 0.3) is 0 Å². The van der Waals surface area contributed by atoms with Crippen LogP contribution in [-0.4, -0.2) is 14.3 Å². The van der Waals surface area contributed by atoms with Gasteiger partial charge in [-0.2, -0.15) is 13.2 Å². The average Bonchev–Trinajstić information content (AvgIpc) is 2.65. The van der Waals surface area contributed by atoms with E-state index in [4.69, 9.17) is 12.2 Å². The zero-order valence-electron chi connectivity index (χ0n) is 12.2. The maximum absolute atomic E-state index is 13.1. The summed E-state index contributed by atoms with van der Waals surface area (Å²) >= 11 is 5.06. The number of hydrogen-bond donors (Lipinski definition) is 0. The van der Waals surface area contributed by atoms with Gasteiger partial charge in [-0.15, -0.1) is 5.10 Å². The third-order valence-electron chi connectivity index (χ3n) is 3.31. The lowest BCUT2D eigenvalue weighted by Gasteiger charge is -2.14. The minimum Gasteiger partial charge on any atom is -0.264 e. The summed E-state index contributed by atoms with van der Waals surface area (Å²) in [5.41, 5.74) is 2.41. The fourth-order valence-corrected chi connectivity index (χ4v) is 2.56. The van der Waals surface area contributed by atoms with Crippen LogP contribution in [0.3, 0.4) is 0 Å². The highest BCUT2D eigenvalue weighted by Gasteiger charge is 2.38. The first-order valence-electron chi connectivity index (χ1n) is 6.47. The summed E-state index contributed by atoms with van der Waals surface area (Å²) in [6, 6.07) is 5.20. The SMILES string of the molecule is Cc1cc(-n2c(C(F)(F)F)nn(C)c2=S)ccc1C(C)C. The van der Waals surface area contributed by atoms with Gasteiger partial charge < -0.3 is 0 Å². The summed E-state index contributed by atoms with van der Waals surface area (Å²) in [6.07, 6.45) is -4.56. The lowest BCUT2D eigenvalue weighted by Crippen LogP contribution is -2.14. The van der Waals surface area contributed by atoms with E-state index in [2.05, 4.69) is 5.10 Å². The normalized spacial score (nSPS) is 12.2. The first kappa shape index (κ1) is 15.8. The predicted octanol–water partition coefficient (Wildman–Crippen LogP) is 4.39. The summed E-state index contributed by atoms with van der Waals surface area (Å²) in [6.45, 7) is 5.96. The minimum absolute atomic E-state index is 0.0130. The van der Waals surface area contributed by atoms with Crippen molar-refractivity contribution in [1.82, 2.24) is 14.3 Å². The first-order chi connectivity index (χ1) is 9.62. The summed E-state index contributed by atoms with van der Waals surface area (Å²) in [5.74, 6) is -0.699. The monoisotopic (exact) mass is 315 g/mol. The van der Waals surface area contributed by atoms with E-state index in [1.54, 1.807) is 12.1 Å². The fourth-order valence-electron chi connectivity index (χ4n) is 2.33. The molecule has 0 aliphatic carbocycles. The number of aromatic nitrogens is 3. The Labute approximate surface area is 126 Å². The minimum atomic E-state index is -4.56. The Hall–Kier alpha value is -1.63. The maximum atomic E-state index is 13.1. The maximum Gasteiger partial charge on any atom is 0.452 e. The third-order valence-corrected chi connectivity index (χ3v) is 3.76. The van der Waals surface area contributed by atoms with Crippen molar-refractivity contribution in [3.63, 3.8) is 0 Å². The van der Waals surface area contributed by atoms with Crippen LogP contribution in [-0.2, 0) is 13.2 Å². The van der Waals surface area contributed by atoms with Gasteiger partial charge in [-0.25, -0.2) is 4.68 Å². The van der Waals surface area contributed by atoms with E-state index in [0.717, 1.165) is 20.4 Å². The van der Waals surface area contributed by atoms with Crippen molar-refractivity contribution in [2.24, 2.45) is 7.05 Å². The highest BCUT2D eigenvalue weighted by atomic mass is 32.1. The van der Waals surface area contributed by atoms with Crippen LogP contribution in [0, 0.1) is 11.7 Å². The van der Waals surface area contributed by atoms with Crippen LogP contribution < -0.4 is 0 Å². The van der Waals surface area contributed by atoms with Crippen LogP contribution in [0.5, 0.6) is 0 Å². The molecule has 2 rings (SSSR count). The number of benzene rings is 1. The van der Waals surface area contributed by atoms with Gasteiger partial charge in [0.15, 0.2) is 0 Å². The largest absolute Gasteiger partial charge is 0.452 e. The Bertz CT molecular complexity index is 726. The van der Waals surface area contributed by atoms with Crippen molar-refractivity contribution in [3.8, 4) is 5.69 Å². The zero-order valence-corrected chi connectivity index (χ0v) is 13.0. The first-order valence-corrected chi connectivity index (χ1v) is 6.88. The molecule has 21 heavy (non-hydrogen) atoms.